The molecule has 6 heteroatoms. The summed E-state index contributed by atoms with van der Waals surface area (Å²) in [5.41, 5.74) is 2.21. The van der Waals surface area contributed by atoms with Crippen molar-refractivity contribution in [1.82, 2.24) is 4.90 Å². The molecular formula is C15H22N2O4. The number of hydrogen-bond acceptors (Lipinski definition) is 5. The van der Waals surface area contributed by atoms with Crippen LogP contribution in [0.5, 0.6) is 0 Å². The molecule has 1 heterocycles. The molecule has 1 aliphatic rings. The maximum Gasteiger partial charge on any atom is 0.409 e. The van der Waals surface area contributed by atoms with Gasteiger partial charge in [-0.05, 0) is 17.7 Å². The maximum atomic E-state index is 11.6. The molecule has 0 atom stereocenters. The number of amides is 1. The highest BCUT2D eigenvalue weighted by molar-refractivity contribution is 5.67. The van der Waals surface area contributed by atoms with Crippen molar-refractivity contribution in [3.8, 4) is 0 Å². The van der Waals surface area contributed by atoms with Gasteiger partial charge < -0.3 is 24.4 Å². The molecule has 0 aliphatic carbocycles. The molecular weight excluding hydrogens is 272 g/mol. The first kappa shape index (κ1) is 15.6. The summed E-state index contributed by atoms with van der Waals surface area (Å²) in [6, 6.07) is 8.16. The number of morpholine rings is 1. The quantitative estimate of drug-likeness (QED) is 0.880. The number of aliphatic hydroxyl groups is 1. The second kappa shape index (κ2) is 7.85. The zero-order valence-electron chi connectivity index (χ0n) is 12.3. The number of benzene rings is 1. The van der Waals surface area contributed by atoms with Crippen molar-refractivity contribution in [3.63, 3.8) is 0 Å². The predicted octanol–water partition coefficient (Wildman–Crippen LogP) is 1.08. The van der Waals surface area contributed by atoms with Crippen LogP contribution in [0.4, 0.5) is 10.5 Å². The van der Waals surface area contributed by atoms with Crippen molar-refractivity contribution in [2.75, 3.05) is 51.5 Å². The predicted molar refractivity (Wildman–Crippen MR) is 79.4 cm³/mol. The Balaban J connectivity index is 1.88. The van der Waals surface area contributed by atoms with Crippen molar-refractivity contribution in [2.45, 2.75) is 6.54 Å². The number of aliphatic hydroxyl groups excluding tert-OH is 1. The molecule has 0 spiro atoms. The first-order chi connectivity index (χ1) is 10.2. The zero-order valence-corrected chi connectivity index (χ0v) is 12.3. The van der Waals surface area contributed by atoms with Gasteiger partial charge >= 0.3 is 6.09 Å². The fourth-order valence-corrected chi connectivity index (χ4v) is 2.22. The van der Waals surface area contributed by atoms with E-state index in [0.717, 1.165) is 31.9 Å². The van der Waals surface area contributed by atoms with Gasteiger partial charge in [0.05, 0.1) is 19.8 Å². The van der Waals surface area contributed by atoms with Crippen LogP contribution >= 0.6 is 0 Å². The Morgan fingerprint density at radius 3 is 2.62 bits per heavy atom. The molecule has 1 fully saturated rings. The lowest BCUT2D eigenvalue weighted by atomic mass is 10.2. The van der Waals surface area contributed by atoms with E-state index in [0.29, 0.717) is 6.54 Å². The van der Waals surface area contributed by atoms with Crippen LogP contribution in [0.1, 0.15) is 5.56 Å². The van der Waals surface area contributed by atoms with E-state index < -0.39 is 6.09 Å². The van der Waals surface area contributed by atoms with Crippen LogP contribution in [0.15, 0.2) is 24.3 Å². The van der Waals surface area contributed by atoms with Crippen LogP contribution in [-0.4, -0.2) is 62.7 Å². The van der Waals surface area contributed by atoms with Crippen LogP contribution in [-0.2, 0) is 16.0 Å². The molecule has 1 aliphatic heterocycles. The highest BCUT2D eigenvalue weighted by Crippen LogP contribution is 2.17. The number of carbonyl (C=O) groups excluding carboxylic acids is 1. The molecule has 2 rings (SSSR count). The molecule has 0 aromatic heterocycles. The third kappa shape index (κ3) is 4.61. The molecule has 1 aromatic carbocycles. The summed E-state index contributed by atoms with van der Waals surface area (Å²) < 4.78 is 10.2. The van der Waals surface area contributed by atoms with Crippen LogP contribution < -0.4 is 4.90 Å². The van der Waals surface area contributed by atoms with E-state index >= 15 is 0 Å². The van der Waals surface area contributed by atoms with Crippen molar-refractivity contribution in [1.29, 1.82) is 0 Å². The van der Waals surface area contributed by atoms with Gasteiger partial charge in [0.2, 0.25) is 0 Å². The van der Waals surface area contributed by atoms with E-state index in [1.54, 1.807) is 7.05 Å². The normalized spacial score (nSPS) is 14.9. The summed E-state index contributed by atoms with van der Waals surface area (Å²) in [6.07, 6.45) is -0.429. The summed E-state index contributed by atoms with van der Waals surface area (Å²) in [7, 11) is 1.68. The number of nitrogens with zero attached hydrogens (tertiary/aromatic N) is 2. The molecule has 1 N–H and O–H groups in total. The van der Waals surface area contributed by atoms with Gasteiger partial charge in [-0.25, -0.2) is 4.79 Å². The van der Waals surface area contributed by atoms with E-state index in [1.807, 2.05) is 12.1 Å². The van der Waals surface area contributed by atoms with Crippen LogP contribution in [0.3, 0.4) is 0 Å². The van der Waals surface area contributed by atoms with Crippen LogP contribution in [0, 0.1) is 0 Å². The third-order valence-electron chi connectivity index (χ3n) is 3.36. The SMILES string of the molecule is CN(Cc1ccc(N2CCOCC2)cc1)C(=O)OCCO. The zero-order chi connectivity index (χ0) is 15.1. The van der Waals surface area contributed by atoms with Gasteiger partial charge in [-0.15, -0.1) is 0 Å². The summed E-state index contributed by atoms with van der Waals surface area (Å²) in [5, 5.41) is 8.63. The summed E-state index contributed by atoms with van der Waals surface area (Å²) in [5.74, 6) is 0. The number of hydrogen-bond donors (Lipinski definition) is 1. The van der Waals surface area contributed by atoms with Crippen molar-refractivity contribution >= 4 is 11.8 Å². The van der Waals surface area contributed by atoms with Gasteiger partial charge in [-0.2, -0.15) is 0 Å². The van der Waals surface area contributed by atoms with E-state index in [1.165, 1.54) is 10.6 Å². The monoisotopic (exact) mass is 294 g/mol. The Kier molecular flexibility index (Phi) is 5.83. The number of carbonyl (C=O) groups is 1. The van der Waals surface area contributed by atoms with E-state index in [9.17, 15) is 4.79 Å². The molecule has 0 bridgehead atoms. The first-order valence-corrected chi connectivity index (χ1v) is 7.11. The number of rotatable bonds is 5. The van der Waals surface area contributed by atoms with Gasteiger partial charge in [-0.3, -0.25) is 0 Å². The lowest BCUT2D eigenvalue weighted by Gasteiger charge is -2.29. The second-order valence-corrected chi connectivity index (χ2v) is 4.96. The molecule has 1 amide bonds. The van der Waals surface area contributed by atoms with E-state index in [2.05, 4.69) is 17.0 Å². The highest BCUT2D eigenvalue weighted by Gasteiger charge is 2.12. The minimum atomic E-state index is -0.429. The Morgan fingerprint density at radius 1 is 1.33 bits per heavy atom. The topological polar surface area (TPSA) is 62.2 Å². The van der Waals surface area contributed by atoms with E-state index in [4.69, 9.17) is 14.6 Å². The minimum Gasteiger partial charge on any atom is -0.447 e. The molecule has 0 unspecified atom stereocenters. The average molecular weight is 294 g/mol. The van der Waals surface area contributed by atoms with Gasteiger partial charge in [0.15, 0.2) is 0 Å². The molecule has 116 valence electrons. The Labute approximate surface area is 124 Å². The number of anilines is 1. The van der Waals surface area contributed by atoms with E-state index in [-0.39, 0.29) is 13.2 Å². The fourth-order valence-electron chi connectivity index (χ4n) is 2.22. The molecule has 6 nitrogen and oxygen atoms in total. The highest BCUT2D eigenvalue weighted by atomic mass is 16.6. The van der Waals surface area contributed by atoms with Crippen molar-refractivity contribution in [3.05, 3.63) is 29.8 Å². The fraction of sp³-hybridized carbons (Fsp3) is 0.533. The largest absolute Gasteiger partial charge is 0.447 e. The van der Waals surface area contributed by atoms with Gasteiger partial charge in [-0.1, -0.05) is 12.1 Å². The maximum absolute atomic E-state index is 11.6. The smallest absolute Gasteiger partial charge is 0.409 e. The van der Waals surface area contributed by atoms with Crippen molar-refractivity contribution in [2.24, 2.45) is 0 Å². The molecule has 1 aromatic rings. The second-order valence-electron chi connectivity index (χ2n) is 4.96. The van der Waals surface area contributed by atoms with Gasteiger partial charge in [0.25, 0.3) is 0 Å². The van der Waals surface area contributed by atoms with Gasteiger partial charge in [0, 0.05) is 32.4 Å². The number of ether oxygens (including phenoxy) is 2. The van der Waals surface area contributed by atoms with Crippen molar-refractivity contribution < 1.29 is 19.4 Å². The first-order valence-electron chi connectivity index (χ1n) is 7.11. The molecule has 0 saturated carbocycles. The summed E-state index contributed by atoms with van der Waals surface area (Å²) in [4.78, 5) is 15.4. The Hall–Kier alpha value is -1.79. The summed E-state index contributed by atoms with van der Waals surface area (Å²) >= 11 is 0. The molecule has 1 saturated heterocycles. The molecule has 0 radical (unpaired) electrons. The third-order valence-corrected chi connectivity index (χ3v) is 3.36. The molecule has 21 heavy (non-hydrogen) atoms. The standard InChI is InChI=1S/C15H22N2O4/c1-16(15(19)21-11-8-18)12-13-2-4-14(5-3-13)17-6-9-20-10-7-17/h2-5,18H,6-12H2,1H3. The lowest BCUT2D eigenvalue weighted by molar-refractivity contribution is 0.0894. The minimum absolute atomic E-state index is 0.0269. The average Bonchev–Trinajstić information content (AvgIpc) is 2.54. The van der Waals surface area contributed by atoms with Gasteiger partial charge in [0.1, 0.15) is 6.61 Å². The summed E-state index contributed by atoms with van der Waals surface area (Å²) in [6.45, 7) is 3.70. The van der Waals surface area contributed by atoms with Crippen LogP contribution in [0.2, 0.25) is 0 Å². The Bertz CT molecular complexity index is 443. The lowest BCUT2D eigenvalue weighted by Crippen LogP contribution is -2.36. The van der Waals surface area contributed by atoms with Crippen LogP contribution in [0.25, 0.3) is 0 Å². The Morgan fingerprint density at radius 2 is 2.00 bits per heavy atom.